The van der Waals surface area contributed by atoms with Crippen molar-refractivity contribution in [2.45, 2.75) is 27.7 Å². The van der Waals surface area contributed by atoms with Crippen molar-refractivity contribution in [2.75, 3.05) is 0 Å². The third kappa shape index (κ3) is 3.87. The van der Waals surface area contributed by atoms with E-state index in [0.717, 1.165) is 44.6 Å². The number of aromatic nitrogens is 3. The van der Waals surface area contributed by atoms with Crippen molar-refractivity contribution < 1.29 is 0 Å². The molecule has 0 aliphatic heterocycles. The average molecular weight is 567 g/mol. The monoisotopic (exact) mass is 566 g/mol. The van der Waals surface area contributed by atoms with Crippen molar-refractivity contribution in [3.63, 3.8) is 0 Å². The second-order valence-electron chi connectivity index (χ2n) is 12.0. The highest BCUT2D eigenvalue weighted by molar-refractivity contribution is 6.11. The molecule has 0 saturated heterocycles. The van der Waals surface area contributed by atoms with Crippen LogP contribution in [0.15, 0.2) is 109 Å². The predicted molar refractivity (Wildman–Crippen MR) is 184 cm³/mol. The van der Waals surface area contributed by atoms with Gasteiger partial charge in [-0.2, -0.15) is 0 Å². The molecular weight excluding hydrogens is 536 g/mol. The lowest BCUT2D eigenvalue weighted by Gasteiger charge is -2.19. The first-order chi connectivity index (χ1) is 21.4. The van der Waals surface area contributed by atoms with Gasteiger partial charge >= 0.3 is 0 Å². The number of hydrogen-bond acceptors (Lipinski definition) is 1. The molecule has 210 valence electrons. The number of rotatable bonds is 3. The molecule has 0 aliphatic rings. The van der Waals surface area contributed by atoms with Gasteiger partial charge in [-0.25, -0.2) is 4.85 Å². The van der Waals surface area contributed by atoms with E-state index in [0.29, 0.717) is 5.69 Å². The van der Waals surface area contributed by atoms with Crippen LogP contribution in [0.5, 0.6) is 0 Å². The Balaban J connectivity index is 1.51. The lowest BCUT2D eigenvalue weighted by Crippen LogP contribution is -2.02. The van der Waals surface area contributed by atoms with Gasteiger partial charge in [-0.3, -0.25) is 4.98 Å². The first-order valence-electron chi connectivity index (χ1n) is 14.9. The highest BCUT2D eigenvalue weighted by Crippen LogP contribution is 2.42. The standard InChI is InChI=1S/C40H30N4/c1-24-6-11-29-30-12-7-25(2)19-37(30)43(36(29)18-24)35-15-10-28(41-5)22-34(35)33-16-17-42-23-40(33)44-38-20-26(3)8-13-31(38)32-14-9-27(4)21-39(32)44/h6-23H,1-4H3. The smallest absolute Gasteiger partial charge is 0.188 e. The predicted octanol–water partition coefficient (Wildman–Crippen LogP) is 10.7. The molecule has 0 radical (unpaired) electrons. The lowest BCUT2D eigenvalue weighted by molar-refractivity contribution is 1.13. The van der Waals surface area contributed by atoms with E-state index >= 15 is 0 Å². The Morgan fingerprint density at radius 3 is 1.41 bits per heavy atom. The fourth-order valence-corrected chi connectivity index (χ4v) is 6.79. The summed E-state index contributed by atoms with van der Waals surface area (Å²) in [6.07, 6.45) is 3.82. The Morgan fingerprint density at radius 1 is 0.500 bits per heavy atom. The Morgan fingerprint density at radius 2 is 0.955 bits per heavy atom. The van der Waals surface area contributed by atoms with Crippen molar-refractivity contribution in [3.8, 4) is 22.5 Å². The molecule has 0 fully saturated rings. The van der Waals surface area contributed by atoms with Crippen molar-refractivity contribution >= 4 is 49.3 Å². The zero-order chi connectivity index (χ0) is 30.1. The molecule has 8 rings (SSSR count). The highest BCUT2D eigenvalue weighted by Gasteiger charge is 2.21. The molecule has 4 heteroatoms. The number of hydrogen-bond donors (Lipinski definition) is 0. The summed E-state index contributed by atoms with van der Waals surface area (Å²) in [5.74, 6) is 0. The van der Waals surface area contributed by atoms with Crippen LogP contribution in [0, 0.1) is 34.3 Å². The summed E-state index contributed by atoms with van der Waals surface area (Å²) in [6.45, 7) is 16.5. The molecule has 5 aromatic carbocycles. The van der Waals surface area contributed by atoms with Gasteiger partial charge in [0.25, 0.3) is 0 Å². The normalized spacial score (nSPS) is 11.6. The molecule has 44 heavy (non-hydrogen) atoms. The molecule has 0 aliphatic carbocycles. The molecule has 0 unspecified atom stereocenters. The van der Waals surface area contributed by atoms with Gasteiger partial charge in [0.15, 0.2) is 5.69 Å². The van der Waals surface area contributed by atoms with E-state index in [1.165, 1.54) is 43.8 Å². The van der Waals surface area contributed by atoms with Crippen LogP contribution in [0.25, 0.3) is 71.0 Å². The molecule has 0 bridgehead atoms. The summed E-state index contributed by atoms with van der Waals surface area (Å²) in [4.78, 5) is 8.52. The van der Waals surface area contributed by atoms with Gasteiger partial charge in [-0.15, -0.1) is 0 Å². The molecule has 0 spiro atoms. The third-order valence-corrected chi connectivity index (χ3v) is 8.84. The van der Waals surface area contributed by atoms with E-state index in [-0.39, 0.29) is 0 Å². The van der Waals surface area contributed by atoms with Crippen LogP contribution >= 0.6 is 0 Å². The van der Waals surface area contributed by atoms with Gasteiger partial charge in [-0.05, 0) is 98.0 Å². The van der Waals surface area contributed by atoms with Crippen LogP contribution in [0.3, 0.4) is 0 Å². The second-order valence-corrected chi connectivity index (χ2v) is 12.0. The van der Waals surface area contributed by atoms with Crippen molar-refractivity contribution in [1.82, 2.24) is 14.1 Å². The van der Waals surface area contributed by atoms with Crippen molar-refractivity contribution in [3.05, 3.63) is 143 Å². The Labute approximate surface area is 256 Å². The summed E-state index contributed by atoms with van der Waals surface area (Å²) in [5, 5.41) is 4.86. The summed E-state index contributed by atoms with van der Waals surface area (Å²) < 4.78 is 4.72. The number of benzene rings is 5. The van der Waals surface area contributed by atoms with Gasteiger partial charge in [0, 0.05) is 33.3 Å². The van der Waals surface area contributed by atoms with E-state index in [2.05, 4.69) is 132 Å². The Bertz CT molecular complexity index is 2380. The molecule has 0 amide bonds. The van der Waals surface area contributed by atoms with Gasteiger partial charge in [0.1, 0.15) is 0 Å². The molecule has 0 atom stereocenters. The Hall–Kier alpha value is -5.66. The van der Waals surface area contributed by atoms with Crippen LogP contribution < -0.4 is 0 Å². The minimum atomic E-state index is 0.605. The Kier molecular flexibility index (Phi) is 5.73. The van der Waals surface area contributed by atoms with E-state index < -0.39 is 0 Å². The average Bonchev–Trinajstić information content (AvgIpc) is 3.51. The first-order valence-corrected chi connectivity index (χ1v) is 14.9. The lowest BCUT2D eigenvalue weighted by atomic mass is 10.0. The zero-order valence-electron chi connectivity index (χ0n) is 25.2. The summed E-state index contributed by atoms with van der Waals surface area (Å²) in [6, 6.07) is 34.9. The molecule has 8 aromatic rings. The molecule has 3 heterocycles. The van der Waals surface area contributed by atoms with E-state index in [9.17, 15) is 0 Å². The van der Waals surface area contributed by atoms with Crippen LogP contribution in [0.1, 0.15) is 22.3 Å². The molecular formula is C40H30N4. The molecule has 4 nitrogen and oxygen atoms in total. The number of nitrogens with zero attached hydrogens (tertiary/aromatic N) is 4. The maximum atomic E-state index is 7.92. The summed E-state index contributed by atoms with van der Waals surface area (Å²) >= 11 is 0. The maximum Gasteiger partial charge on any atom is 0.188 e. The third-order valence-electron chi connectivity index (χ3n) is 8.84. The van der Waals surface area contributed by atoms with Gasteiger partial charge in [-0.1, -0.05) is 54.6 Å². The second kappa shape index (κ2) is 9.69. The highest BCUT2D eigenvalue weighted by atomic mass is 15.0. The van der Waals surface area contributed by atoms with Crippen LogP contribution in [-0.2, 0) is 0 Å². The van der Waals surface area contributed by atoms with Crippen LogP contribution in [-0.4, -0.2) is 14.1 Å². The minimum Gasteiger partial charge on any atom is -0.309 e. The maximum absolute atomic E-state index is 7.92. The van der Waals surface area contributed by atoms with E-state index in [4.69, 9.17) is 6.57 Å². The topological polar surface area (TPSA) is 27.1 Å². The summed E-state index contributed by atoms with van der Waals surface area (Å²) in [5.41, 5.74) is 14.1. The van der Waals surface area contributed by atoms with E-state index in [1.807, 2.05) is 24.5 Å². The minimum absolute atomic E-state index is 0.605. The zero-order valence-corrected chi connectivity index (χ0v) is 25.2. The van der Waals surface area contributed by atoms with Crippen LogP contribution in [0.2, 0.25) is 0 Å². The number of aryl methyl sites for hydroxylation is 4. The van der Waals surface area contributed by atoms with E-state index in [1.54, 1.807) is 0 Å². The van der Waals surface area contributed by atoms with Crippen LogP contribution in [0.4, 0.5) is 5.69 Å². The summed E-state index contributed by atoms with van der Waals surface area (Å²) in [7, 11) is 0. The van der Waals surface area contributed by atoms with Crippen molar-refractivity contribution in [2.24, 2.45) is 0 Å². The number of fused-ring (bicyclic) bond motifs is 6. The fourth-order valence-electron chi connectivity index (χ4n) is 6.79. The first kappa shape index (κ1) is 26.0. The quantitative estimate of drug-likeness (QED) is 0.195. The largest absolute Gasteiger partial charge is 0.309 e. The molecule has 3 aromatic heterocycles. The number of pyridine rings is 1. The SMILES string of the molecule is [C-]#[N+]c1ccc(-n2c3cc(C)ccc3c3ccc(C)cc32)c(-c2ccncc2-n2c3cc(C)ccc3c3ccc(C)cc32)c1. The fraction of sp³-hybridized carbons (Fsp3) is 0.100. The van der Waals surface area contributed by atoms with Gasteiger partial charge in [0.05, 0.1) is 46.2 Å². The molecule has 0 N–H and O–H groups in total. The van der Waals surface area contributed by atoms with Gasteiger partial charge < -0.3 is 9.13 Å². The van der Waals surface area contributed by atoms with Gasteiger partial charge in [0.2, 0.25) is 0 Å². The van der Waals surface area contributed by atoms with Crippen molar-refractivity contribution in [1.29, 1.82) is 0 Å². The molecule has 0 saturated carbocycles.